The van der Waals surface area contributed by atoms with E-state index in [1.807, 2.05) is 6.92 Å². The second-order valence-electron chi connectivity index (χ2n) is 6.20. The molecule has 0 radical (unpaired) electrons. The van der Waals surface area contributed by atoms with Crippen molar-refractivity contribution < 1.29 is 19.5 Å². The van der Waals surface area contributed by atoms with Crippen LogP contribution in [0.25, 0.3) is 0 Å². The second-order valence-corrected chi connectivity index (χ2v) is 6.20. The Balaban J connectivity index is 2.15. The maximum atomic E-state index is 12.6. The van der Waals surface area contributed by atoms with E-state index >= 15 is 0 Å². The first-order valence-corrected chi connectivity index (χ1v) is 8.37. The van der Waals surface area contributed by atoms with Crippen molar-refractivity contribution in [3.8, 4) is 0 Å². The first-order valence-electron chi connectivity index (χ1n) is 8.37. The molecule has 1 aliphatic carbocycles. The Morgan fingerprint density at radius 3 is 2.25 bits per heavy atom. The Bertz CT molecular complexity index is 642. The molecule has 0 spiro atoms. The fourth-order valence-corrected chi connectivity index (χ4v) is 3.11. The number of amides is 2. The lowest BCUT2D eigenvalue weighted by atomic mass is 9.78. The molecular weight excluding hydrogens is 308 g/mol. The van der Waals surface area contributed by atoms with Crippen LogP contribution in [-0.4, -0.2) is 22.9 Å². The highest BCUT2D eigenvalue weighted by molar-refractivity contribution is 5.98. The molecule has 0 aromatic heterocycles. The molecule has 0 unspecified atom stereocenters. The summed E-state index contributed by atoms with van der Waals surface area (Å²) in [6.07, 6.45) is 3.22. The largest absolute Gasteiger partial charge is 0.481 e. The van der Waals surface area contributed by atoms with Crippen LogP contribution >= 0.6 is 0 Å². The lowest BCUT2D eigenvalue weighted by Crippen LogP contribution is -2.36. The summed E-state index contributed by atoms with van der Waals surface area (Å²) in [6.45, 7) is 3.59. The molecule has 1 fully saturated rings. The van der Waals surface area contributed by atoms with Gasteiger partial charge in [0.25, 0.3) is 0 Å². The van der Waals surface area contributed by atoms with Gasteiger partial charge in [0.2, 0.25) is 11.8 Å². The molecule has 0 bridgehead atoms. The summed E-state index contributed by atoms with van der Waals surface area (Å²) in [5, 5.41) is 15.0. The molecular formula is C18H24N2O4. The van der Waals surface area contributed by atoms with Gasteiger partial charge >= 0.3 is 5.97 Å². The molecule has 0 heterocycles. The number of carbonyl (C=O) groups excluding carboxylic acids is 2. The highest BCUT2D eigenvalue weighted by Crippen LogP contribution is 2.32. The summed E-state index contributed by atoms with van der Waals surface area (Å²) < 4.78 is 0. The molecule has 0 aliphatic heterocycles. The molecule has 1 saturated carbocycles. The summed E-state index contributed by atoms with van der Waals surface area (Å²) in [7, 11) is 0. The number of anilines is 2. The van der Waals surface area contributed by atoms with Gasteiger partial charge in [-0.25, -0.2) is 0 Å². The number of benzene rings is 1. The Hall–Kier alpha value is -2.37. The predicted octanol–water partition coefficient (Wildman–Crippen LogP) is 3.17. The van der Waals surface area contributed by atoms with Crippen LogP contribution in [0, 0.1) is 18.8 Å². The third-order valence-electron chi connectivity index (χ3n) is 4.61. The van der Waals surface area contributed by atoms with E-state index in [1.165, 1.54) is 0 Å². The van der Waals surface area contributed by atoms with Crippen molar-refractivity contribution in [2.45, 2.75) is 46.0 Å². The van der Waals surface area contributed by atoms with E-state index in [0.717, 1.165) is 18.4 Å². The van der Waals surface area contributed by atoms with Crippen molar-refractivity contribution in [1.29, 1.82) is 0 Å². The van der Waals surface area contributed by atoms with Gasteiger partial charge in [0, 0.05) is 17.8 Å². The second kappa shape index (κ2) is 7.95. The zero-order valence-electron chi connectivity index (χ0n) is 14.1. The van der Waals surface area contributed by atoms with Gasteiger partial charge in [0.05, 0.1) is 11.8 Å². The van der Waals surface area contributed by atoms with Gasteiger partial charge in [0.1, 0.15) is 0 Å². The molecule has 2 rings (SSSR count). The van der Waals surface area contributed by atoms with Crippen LogP contribution in [0.5, 0.6) is 0 Å². The van der Waals surface area contributed by atoms with Gasteiger partial charge in [-0.2, -0.15) is 0 Å². The Morgan fingerprint density at radius 1 is 1.08 bits per heavy atom. The predicted molar refractivity (Wildman–Crippen MR) is 91.8 cm³/mol. The highest BCUT2D eigenvalue weighted by Gasteiger charge is 2.35. The van der Waals surface area contributed by atoms with Crippen molar-refractivity contribution in [3.05, 3.63) is 23.8 Å². The molecule has 6 nitrogen and oxygen atoms in total. The normalized spacial score (nSPS) is 20.2. The quantitative estimate of drug-likeness (QED) is 0.771. The average Bonchev–Trinajstić information content (AvgIpc) is 2.58. The molecule has 24 heavy (non-hydrogen) atoms. The number of carbonyl (C=O) groups is 3. The third kappa shape index (κ3) is 4.13. The van der Waals surface area contributed by atoms with Crippen LogP contribution in [0.3, 0.4) is 0 Å². The smallest absolute Gasteiger partial charge is 0.307 e. The maximum Gasteiger partial charge on any atom is 0.307 e. The first kappa shape index (κ1) is 18.0. The van der Waals surface area contributed by atoms with Crippen molar-refractivity contribution >= 4 is 29.2 Å². The van der Waals surface area contributed by atoms with Gasteiger partial charge in [0.15, 0.2) is 0 Å². The van der Waals surface area contributed by atoms with Gasteiger partial charge in [-0.05, 0) is 37.5 Å². The highest BCUT2D eigenvalue weighted by atomic mass is 16.4. The molecule has 1 aliphatic rings. The number of aliphatic carboxylic acids is 1. The molecule has 6 heteroatoms. The minimum atomic E-state index is -0.907. The standard InChI is InChI=1S/C18H24N2O4/c1-3-16(21)19-14-9-6-10-15(11(14)2)20-17(22)12-7-4-5-8-13(12)18(23)24/h6,9-10,12-13H,3-5,7-8H2,1-2H3,(H,19,21)(H,20,22)(H,23,24)/t12-,13-/m1/s1. The minimum Gasteiger partial charge on any atom is -0.481 e. The van der Waals surface area contributed by atoms with Crippen LogP contribution in [0.2, 0.25) is 0 Å². The minimum absolute atomic E-state index is 0.0974. The zero-order chi connectivity index (χ0) is 17.7. The zero-order valence-corrected chi connectivity index (χ0v) is 14.1. The van der Waals surface area contributed by atoms with Crippen molar-refractivity contribution in [1.82, 2.24) is 0 Å². The fourth-order valence-electron chi connectivity index (χ4n) is 3.11. The number of rotatable bonds is 5. The summed E-state index contributed by atoms with van der Waals surface area (Å²) in [5.41, 5.74) is 2.01. The molecule has 2 amide bonds. The number of nitrogens with one attached hydrogen (secondary N) is 2. The van der Waals surface area contributed by atoms with E-state index in [0.29, 0.717) is 30.6 Å². The summed E-state index contributed by atoms with van der Waals surface area (Å²) in [4.78, 5) is 35.5. The topological polar surface area (TPSA) is 95.5 Å². The molecule has 130 valence electrons. The van der Waals surface area contributed by atoms with E-state index in [-0.39, 0.29) is 11.8 Å². The lowest BCUT2D eigenvalue weighted by molar-refractivity contribution is -0.147. The van der Waals surface area contributed by atoms with E-state index in [4.69, 9.17) is 0 Å². The number of hydrogen-bond donors (Lipinski definition) is 3. The number of carboxylic acid groups (broad SMARTS) is 1. The Morgan fingerprint density at radius 2 is 1.67 bits per heavy atom. The van der Waals surface area contributed by atoms with Gasteiger partial charge in [-0.15, -0.1) is 0 Å². The Kier molecular flexibility index (Phi) is 5.95. The monoisotopic (exact) mass is 332 g/mol. The van der Waals surface area contributed by atoms with Crippen molar-refractivity contribution in [2.24, 2.45) is 11.8 Å². The average molecular weight is 332 g/mol. The van der Waals surface area contributed by atoms with E-state index in [9.17, 15) is 19.5 Å². The van der Waals surface area contributed by atoms with Gasteiger partial charge in [-0.1, -0.05) is 25.8 Å². The Labute approximate surface area is 141 Å². The van der Waals surface area contributed by atoms with Crippen LogP contribution in [0.1, 0.15) is 44.6 Å². The summed E-state index contributed by atoms with van der Waals surface area (Å²) >= 11 is 0. The van der Waals surface area contributed by atoms with Gasteiger partial charge < -0.3 is 15.7 Å². The number of hydrogen-bond acceptors (Lipinski definition) is 3. The molecule has 1 aromatic rings. The van der Waals surface area contributed by atoms with Crippen LogP contribution in [0.15, 0.2) is 18.2 Å². The number of carboxylic acids is 1. The van der Waals surface area contributed by atoms with E-state index in [1.54, 1.807) is 25.1 Å². The van der Waals surface area contributed by atoms with Crippen LogP contribution in [-0.2, 0) is 14.4 Å². The SMILES string of the molecule is CCC(=O)Nc1cccc(NC(=O)[C@@H]2CCCC[C@H]2C(=O)O)c1C. The molecule has 0 saturated heterocycles. The van der Waals surface area contributed by atoms with E-state index in [2.05, 4.69) is 10.6 Å². The summed E-state index contributed by atoms with van der Waals surface area (Å²) in [5.74, 6) is -2.40. The fraction of sp³-hybridized carbons (Fsp3) is 0.500. The molecule has 3 N–H and O–H groups in total. The molecule has 1 aromatic carbocycles. The van der Waals surface area contributed by atoms with Gasteiger partial charge in [-0.3, -0.25) is 14.4 Å². The maximum absolute atomic E-state index is 12.6. The van der Waals surface area contributed by atoms with Crippen molar-refractivity contribution in [2.75, 3.05) is 10.6 Å². The third-order valence-corrected chi connectivity index (χ3v) is 4.61. The van der Waals surface area contributed by atoms with Crippen molar-refractivity contribution in [3.63, 3.8) is 0 Å². The first-order chi connectivity index (χ1) is 11.4. The van der Waals surface area contributed by atoms with E-state index < -0.39 is 17.8 Å². The van der Waals surface area contributed by atoms with Crippen LogP contribution < -0.4 is 10.6 Å². The lowest BCUT2D eigenvalue weighted by Gasteiger charge is -2.27. The van der Waals surface area contributed by atoms with Crippen LogP contribution in [0.4, 0.5) is 11.4 Å². The summed E-state index contributed by atoms with van der Waals surface area (Å²) in [6, 6.07) is 5.29. The molecule has 2 atom stereocenters.